The lowest BCUT2D eigenvalue weighted by Crippen LogP contribution is -2.21. The number of hydrogen-bond donors (Lipinski definition) is 1. The number of nitriles is 1. The van der Waals surface area contributed by atoms with Crippen LogP contribution in [0.25, 0.3) is 0 Å². The molecule has 0 radical (unpaired) electrons. The fourth-order valence-corrected chi connectivity index (χ4v) is 1.16. The quantitative estimate of drug-likeness (QED) is 0.684. The Morgan fingerprint density at radius 1 is 1.69 bits per heavy atom. The zero-order valence-corrected chi connectivity index (χ0v) is 7.32. The Bertz CT molecular complexity index is 401. The zero-order chi connectivity index (χ0) is 9.84. The van der Waals surface area contributed by atoms with Gasteiger partial charge < -0.3 is 5.21 Å². The van der Waals surface area contributed by atoms with Crippen molar-refractivity contribution in [1.82, 2.24) is 4.73 Å². The molecule has 0 saturated heterocycles. The van der Waals surface area contributed by atoms with Gasteiger partial charge in [-0.25, -0.2) is 0 Å². The Morgan fingerprint density at radius 3 is 2.92 bits per heavy atom. The average Bonchev–Trinajstić information content (AvgIpc) is 2.12. The zero-order valence-electron chi connectivity index (χ0n) is 7.32. The summed E-state index contributed by atoms with van der Waals surface area (Å²) < 4.78 is 0.428. The van der Waals surface area contributed by atoms with E-state index in [0.717, 1.165) is 6.42 Å². The van der Waals surface area contributed by atoms with E-state index in [9.17, 15) is 4.79 Å². The van der Waals surface area contributed by atoms with Gasteiger partial charge in [0.25, 0.3) is 0 Å². The lowest BCUT2D eigenvalue weighted by Gasteiger charge is -2.01. The van der Waals surface area contributed by atoms with Gasteiger partial charge >= 0.3 is 5.56 Å². The van der Waals surface area contributed by atoms with E-state index in [2.05, 4.69) is 0 Å². The van der Waals surface area contributed by atoms with Gasteiger partial charge in [-0.1, -0.05) is 13.3 Å². The van der Waals surface area contributed by atoms with Gasteiger partial charge in [-0.15, -0.1) is 0 Å². The van der Waals surface area contributed by atoms with Crippen molar-refractivity contribution in [2.24, 2.45) is 0 Å². The second-order valence-electron chi connectivity index (χ2n) is 2.73. The number of rotatable bonds is 2. The molecule has 0 bridgehead atoms. The van der Waals surface area contributed by atoms with Crippen LogP contribution < -0.4 is 5.56 Å². The topological polar surface area (TPSA) is 66.0 Å². The molecule has 0 aliphatic carbocycles. The van der Waals surface area contributed by atoms with Gasteiger partial charge in [0.1, 0.15) is 11.6 Å². The van der Waals surface area contributed by atoms with Crippen LogP contribution >= 0.6 is 0 Å². The number of nitrogens with zero attached hydrogens (tertiary/aromatic N) is 2. The molecule has 0 atom stereocenters. The summed E-state index contributed by atoms with van der Waals surface area (Å²) in [6.45, 7) is 1.96. The van der Waals surface area contributed by atoms with E-state index in [0.29, 0.717) is 16.7 Å². The van der Waals surface area contributed by atoms with Crippen LogP contribution in [0.15, 0.2) is 17.1 Å². The predicted molar refractivity (Wildman–Crippen MR) is 46.6 cm³/mol. The van der Waals surface area contributed by atoms with Crippen molar-refractivity contribution in [3.63, 3.8) is 0 Å². The fourth-order valence-electron chi connectivity index (χ4n) is 1.16. The highest BCUT2D eigenvalue weighted by Gasteiger charge is 2.07. The van der Waals surface area contributed by atoms with Crippen molar-refractivity contribution in [2.45, 2.75) is 19.8 Å². The van der Waals surface area contributed by atoms with Crippen molar-refractivity contribution in [3.05, 3.63) is 33.7 Å². The maximum absolute atomic E-state index is 11.2. The third kappa shape index (κ3) is 1.70. The van der Waals surface area contributed by atoms with Crippen LogP contribution in [0.2, 0.25) is 0 Å². The van der Waals surface area contributed by atoms with Crippen LogP contribution in [0, 0.1) is 11.3 Å². The summed E-state index contributed by atoms with van der Waals surface area (Å²) in [5, 5.41) is 17.7. The first-order valence-electron chi connectivity index (χ1n) is 4.04. The fraction of sp³-hybridized carbons (Fsp3) is 0.333. The summed E-state index contributed by atoms with van der Waals surface area (Å²) in [5.41, 5.74) is 0.0839. The maximum Gasteiger partial charge on any atom is 0.300 e. The third-order valence-electron chi connectivity index (χ3n) is 1.79. The first-order chi connectivity index (χ1) is 6.20. The number of hydrogen-bond acceptors (Lipinski definition) is 3. The minimum Gasteiger partial charge on any atom is -0.425 e. The molecule has 1 aromatic rings. The van der Waals surface area contributed by atoms with E-state index in [4.69, 9.17) is 10.5 Å². The molecular weight excluding hydrogens is 168 g/mol. The second kappa shape index (κ2) is 3.76. The van der Waals surface area contributed by atoms with Crippen LogP contribution in [-0.2, 0) is 6.42 Å². The Hall–Kier alpha value is -1.76. The Kier molecular flexibility index (Phi) is 2.70. The van der Waals surface area contributed by atoms with Crippen molar-refractivity contribution < 1.29 is 5.21 Å². The van der Waals surface area contributed by atoms with E-state index in [-0.39, 0.29) is 5.56 Å². The number of aryl methyl sites for hydroxylation is 1. The molecule has 13 heavy (non-hydrogen) atoms. The first kappa shape index (κ1) is 9.33. The van der Waals surface area contributed by atoms with Crippen LogP contribution in [0.5, 0.6) is 0 Å². The van der Waals surface area contributed by atoms with Gasteiger partial charge in [0.2, 0.25) is 0 Å². The van der Waals surface area contributed by atoms with E-state index in [1.165, 1.54) is 6.20 Å². The predicted octanol–water partition coefficient (Wildman–Crippen LogP) is 0.910. The van der Waals surface area contributed by atoms with E-state index in [1.807, 2.05) is 6.92 Å². The van der Waals surface area contributed by atoms with Gasteiger partial charge in [0.05, 0.1) is 0 Å². The highest BCUT2D eigenvalue weighted by molar-refractivity contribution is 5.34. The molecule has 68 valence electrons. The van der Waals surface area contributed by atoms with Gasteiger partial charge in [0, 0.05) is 6.20 Å². The highest BCUT2D eigenvalue weighted by atomic mass is 16.5. The van der Waals surface area contributed by atoms with E-state index in [1.54, 1.807) is 12.1 Å². The molecule has 0 aromatic carbocycles. The second-order valence-corrected chi connectivity index (χ2v) is 2.73. The summed E-state index contributed by atoms with van der Waals surface area (Å²) in [4.78, 5) is 11.2. The van der Waals surface area contributed by atoms with Crippen molar-refractivity contribution in [3.8, 4) is 6.07 Å². The average molecular weight is 178 g/mol. The van der Waals surface area contributed by atoms with Gasteiger partial charge in [-0.3, -0.25) is 4.79 Å². The summed E-state index contributed by atoms with van der Waals surface area (Å²) in [6.07, 6.45) is 2.80. The molecular formula is C9H10N2O2. The Labute approximate surface area is 75.6 Å². The first-order valence-corrected chi connectivity index (χ1v) is 4.04. The SMILES string of the molecule is CCCc1ccn(O)c(=O)c1C#N. The number of pyridine rings is 1. The van der Waals surface area contributed by atoms with Crippen LogP contribution in [-0.4, -0.2) is 9.94 Å². The lowest BCUT2D eigenvalue weighted by atomic mass is 10.1. The lowest BCUT2D eigenvalue weighted by molar-refractivity contribution is 0.174. The summed E-state index contributed by atoms with van der Waals surface area (Å²) in [6, 6.07) is 3.38. The summed E-state index contributed by atoms with van der Waals surface area (Å²) >= 11 is 0. The molecule has 4 nitrogen and oxygen atoms in total. The molecule has 0 aliphatic rings. The van der Waals surface area contributed by atoms with Gasteiger partial charge in [-0.2, -0.15) is 9.99 Å². The molecule has 1 N–H and O–H groups in total. The van der Waals surface area contributed by atoms with Crippen molar-refractivity contribution >= 4 is 0 Å². The smallest absolute Gasteiger partial charge is 0.300 e. The molecule has 0 aliphatic heterocycles. The molecule has 0 unspecified atom stereocenters. The monoisotopic (exact) mass is 178 g/mol. The molecule has 0 amide bonds. The van der Waals surface area contributed by atoms with Crippen molar-refractivity contribution in [1.29, 1.82) is 5.26 Å². The highest BCUT2D eigenvalue weighted by Crippen LogP contribution is 2.04. The molecule has 0 spiro atoms. The molecule has 1 heterocycles. The van der Waals surface area contributed by atoms with Gasteiger partial charge in [0.15, 0.2) is 0 Å². The van der Waals surface area contributed by atoms with Gasteiger partial charge in [-0.05, 0) is 18.1 Å². The molecule has 0 saturated carbocycles. The Morgan fingerprint density at radius 2 is 2.38 bits per heavy atom. The molecule has 4 heteroatoms. The minimum absolute atomic E-state index is 0.0341. The van der Waals surface area contributed by atoms with Crippen molar-refractivity contribution in [2.75, 3.05) is 0 Å². The maximum atomic E-state index is 11.2. The standard InChI is InChI=1S/C9H10N2O2/c1-2-3-7-4-5-11(13)9(12)8(7)6-10/h4-5,13H,2-3H2,1H3. The van der Waals surface area contributed by atoms with Crippen LogP contribution in [0.4, 0.5) is 0 Å². The Balaban J connectivity index is 3.32. The summed E-state index contributed by atoms with van der Waals surface area (Å²) in [5.74, 6) is 0. The van der Waals surface area contributed by atoms with E-state index < -0.39 is 5.56 Å². The minimum atomic E-state index is -0.645. The number of aromatic nitrogens is 1. The van der Waals surface area contributed by atoms with E-state index >= 15 is 0 Å². The van der Waals surface area contributed by atoms with Crippen LogP contribution in [0.1, 0.15) is 24.5 Å². The largest absolute Gasteiger partial charge is 0.425 e. The molecule has 1 rings (SSSR count). The molecule has 0 fully saturated rings. The molecule has 1 aromatic heterocycles. The van der Waals surface area contributed by atoms with Crippen LogP contribution in [0.3, 0.4) is 0 Å². The summed E-state index contributed by atoms with van der Waals surface area (Å²) in [7, 11) is 0. The third-order valence-corrected chi connectivity index (χ3v) is 1.79. The normalized spacial score (nSPS) is 9.54.